The maximum Gasteiger partial charge on any atom is 0.488 e. The number of nitrogens with zero attached hydrogens (tertiary/aromatic N) is 2. The summed E-state index contributed by atoms with van der Waals surface area (Å²) in [5.74, 6) is 0. The van der Waals surface area contributed by atoms with Crippen molar-refractivity contribution in [3.63, 3.8) is 0 Å². The zero-order valence-corrected chi connectivity index (χ0v) is 9.95. The van der Waals surface area contributed by atoms with Crippen molar-refractivity contribution in [1.82, 2.24) is 9.55 Å². The van der Waals surface area contributed by atoms with Crippen LogP contribution in [0.25, 0.3) is 0 Å². The minimum Gasteiger partial charge on any atom is -0.423 e. The van der Waals surface area contributed by atoms with E-state index in [0.717, 1.165) is 5.56 Å². The zero-order chi connectivity index (χ0) is 13.1. The minimum absolute atomic E-state index is 0.127. The fourth-order valence-electron chi connectivity index (χ4n) is 1.68. The molecule has 2 rings (SSSR count). The molecule has 18 heavy (non-hydrogen) atoms. The Kier molecular flexibility index (Phi) is 3.59. The SMILES string of the molecule is Cc1cc(=O)n(Cc2cccc(B(O)O)c2)cn1. The Labute approximate surface area is 105 Å². The molecule has 0 aliphatic carbocycles. The standard InChI is InChI=1S/C12H13BN2O3/c1-9-5-12(16)15(8-14-9)7-10-3-2-4-11(6-10)13(17)18/h2-6,8,17-18H,7H2,1H3. The van der Waals surface area contributed by atoms with Gasteiger partial charge in [0, 0.05) is 11.8 Å². The van der Waals surface area contributed by atoms with Crippen molar-refractivity contribution in [3.05, 3.63) is 58.3 Å². The smallest absolute Gasteiger partial charge is 0.423 e. The molecule has 0 fully saturated rings. The molecule has 0 aliphatic rings. The molecule has 1 heterocycles. The van der Waals surface area contributed by atoms with Gasteiger partial charge in [-0.25, -0.2) is 4.98 Å². The Hall–Kier alpha value is -1.92. The fraction of sp³-hybridized carbons (Fsp3) is 0.167. The predicted octanol–water partition coefficient (Wildman–Crippen LogP) is -0.720. The number of aryl methyl sites for hydroxylation is 1. The highest BCUT2D eigenvalue weighted by Gasteiger charge is 2.10. The molecule has 6 heteroatoms. The first-order valence-electron chi connectivity index (χ1n) is 5.54. The van der Waals surface area contributed by atoms with E-state index in [4.69, 9.17) is 10.0 Å². The topological polar surface area (TPSA) is 75.4 Å². The summed E-state index contributed by atoms with van der Waals surface area (Å²) < 4.78 is 1.47. The van der Waals surface area contributed by atoms with Crippen LogP contribution >= 0.6 is 0 Å². The quantitative estimate of drug-likeness (QED) is 0.698. The largest absolute Gasteiger partial charge is 0.488 e. The maximum absolute atomic E-state index is 11.7. The minimum atomic E-state index is -1.50. The van der Waals surface area contributed by atoms with Crippen LogP contribution in [0.5, 0.6) is 0 Å². The van der Waals surface area contributed by atoms with Crippen LogP contribution in [0.15, 0.2) is 41.5 Å². The molecule has 92 valence electrons. The molecule has 0 radical (unpaired) electrons. The first kappa shape index (κ1) is 12.5. The molecule has 0 bridgehead atoms. The van der Waals surface area contributed by atoms with Crippen molar-refractivity contribution in [1.29, 1.82) is 0 Å². The summed E-state index contributed by atoms with van der Waals surface area (Å²) >= 11 is 0. The Morgan fingerprint density at radius 2 is 2.11 bits per heavy atom. The van der Waals surface area contributed by atoms with Crippen LogP contribution in [-0.2, 0) is 6.54 Å². The van der Waals surface area contributed by atoms with Gasteiger partial charge in [-0.15, -0.1) is 0 Å². The summed E-state index contributed by atoms with van der Waals surface area (Å²) in [6.45, 7) is 2.11. The number of hydrogen-bond donors (Lipinski definition) is 2. The van der Waals surface area contributed by atoms with Crippen LogP contribution in [0.1, 0.15) is 11.3 Å². The molecule has 0 saturated carbocycles. The lowest BCUT2D eigenvalue weighted by Gasteiger charge is -2.07. The second kappa shape index (κ2) is 5.16. The van der Waals surface area contributed by atoms with E-state index >= 15 is 0 Å². The van der Waals surface area contributed by atoms with E-state index in [1.165, 1.54) is 17.0 Å². The first-order valence-corrected chi connectivity index (χ1v) is 5.54. The average molecular weight is 244 g/mol. The maximum atomic E-state index is 11.7. The van der Waals surface area contributed by atoms with Crippen molar-refractivity contribution in [2.45, 2.75) is 13.5 Å². The molecule has 0 atom stereocenters. The van der Waals surface area contributed by atoms with Crippen molar-refractivity contribution < 1.29 is 10.0 Å². The highest BCUT2D eigenvalue weighted by molar-refractivity contribution is 6.58. The van der Waals surface area contributed by atoms with Gasteiger partial charge in [0.15, 0.2) is 0 Å². The zero-order valence-electron chi connectivity index (χ0n) is 9.95. The normalized spacial score (nSPS) is 10.4. The summed E-state index contributed by atoms with van der Waals surface area (Å²) in [5.41, 5.74) is 1.77. The number of hydrogen-bond acceptors (Lipinski definition) is 4. The monoisotopic (exact) mass is 244 g/mol. The number of benzene rings is 1. The van der Waals surface area contributed by atoms with E-state index in [1.807, 2.05) is 6.07 Å². The van der Waals surface area contributed by atoms with E-state index < -0.39 is 7.12 Å². The van der Waals surface area contributed by atoms with Gasteiger partial charge in [-0.05, 0) is 17.9 Å². The summed E-state index contributed by atoms with van der Waals surface area (Å²) in [6.07, 6.45) is 1.49. The molecule has 1 aromatic heterocycles. The van der Waals surface area contributed by atoms with Crippen LogP contribution in [0.2, 0.25) is 0 Å². The second-order valence-corrected chi connectivity index (χ2v) is 4.12. The van der Waals surface area contributed by atoms with Gasteiger partial charge in [-0.2, -0.15) is 0 Å². The molecule has 0 saturated heterocycles. The second-order valence-electron chi connectivity index (χ2n) is 4.12. The van der Waals surface area contributed by atoms with Crippen molar-refractivity contribution >= 4 is 12.6 Å². The van der Waals surface area contributed by atoms with Crippen LogP contribution in [0.3, 0.4) is 0 Å². The Morgan fingerprint density at radius 3 is 2.78 bits per heavy atom. The summed E-state index contributed by atoms with van der Waals surface area (Å²) in [6, 6.07) is 8.26. The van der Waals surface area contributed by atoms with E-state index in [2.05, 4.69) is 4.98 Å². The fourth-order valence-corrected chi connectivity index (χ4v) is 1.68. The van der Waals surface area contributed by atoms with Crippen molar-refractivity contribution in [3.8, 4) is 0 Å². The third-order valence-electron chi connectivity index (χ3n) is 2.62. The van der Waals surface area contributed by atoms with E-state index in [1.54, 1.807) is 25.1 Å². The van der Waals surface area contributed by atoms with Crippen LogP contribution in [-0.4, -0.2) is 26.7 Å². The van der Waals surface area contributed by atoms with E-state index in [9.17, 15) is 4.79 Å². The Morgan fingerprint density at radius 1 is 1.33 bits per heavy atom. The molecule has 0 unspecified atom stereocenters. The summed E-state index contributed by atoms with van der Waals surface area (Å²) in [5, 5.41) is 18.2. The molecule has 0 amide bonds. The Balaban J connectivity index is 2.28. The molecule has 2 N–H and O–H groups in total. The van der Waals surface area contributed by atoms with Crippen LogP contribution in [0, 0.1) is 6.92 Å². The average Bonchev–Trinajstić information content (AvgIpc) is 2.33. The third kappa shape index (κ3) is 2.85. The molecule has 2 aromatic rings. The van der Waals surface area contributed by atoms with Gasteiger partial charge in [0.25, 0.3) is 5.56 Å². The van der Waals surface area contributed by atoms with Crippen molar-refractivity contribution in [2.24, 2.45) is 0 Å². The van der Waals surface area contributed by atoms with Crippen LogP contribution < -0.4 is 11.0 Å². The van der Waals surface area contributed by atoms with Gasteiger partial charge in [0.05, 0.1) is 12.9 Å². The van der Waals surface area contributed by atoms with Gasteiger partial charge >= 0.3 is 7.12 Å². The van der Waals surface area contributed by atoms with Gasteiger partial charge < -0.3 is 10.0 Å². The lowest BCUT2D eigenvalue weighted by Crippen LogP contribution is -2.30. The van der Waals surface area contributed by atoms with Gasteiger partial charge in [-0.1, -0.05) is 24.3 Å². The molecule has 0 aliphatic heterocycles. The molecular formula is C12H13BN2O3. The lowest BCUT2D eigenvalue weighted by molar-refractivity contribution is 0.425. The number of aromatic nitrogens is 2. The molecule has 0 spiro atoms. The molecule has 5 nitrogen and oxygen atoms in total. The van der Waals surface area contributed by atoms with E-state index in [-0.39, 0.29) is 5.56 Å². The first-order chi connectivity index (χ1) is 8.56. The summed E-state index contributed by atoms with van der Waals surface area (Å²) in [7, 11) is -1.50. The molecular weight excluding hydrogens is 231 g/mol. The lowest BCUT2D eigenvalue weighted by atomic mass is 9.79. The highest BCUT2D eigenvalue weighted by Crippen LogP contribution is 1.99. The van der Waals surface area contributed by atoms with Gasteiger partial charge in [0.2, 0.25) is 0 Å². The van der Waals surface area contributed by atoms with Gasteiger partial charge in [-0.3, -0.25) is 9.36 Å². The van der Waals surface area contributed by atoms with Gasteiger partial charge in [0.1, 0.15) is 0 Å². The van der Waals surface area contributed by atoms with Crippen LogP contribution in [0.4, 0.5) is 0 Å². The highest BCUT2D eigenvalue weighted by atomic mass is 16.4. The van der Waals surface area contributed by atoms with Crippen molar-refractivity contribution in [2.75, 3.05) is 0 Å². The number of rotatable bonds is 3. The summed E-state index contributed by atoms with van der Waals surface area (Å²) in [4.78, 5) is 15.7. The Bertz CT molecular complexity index is 610. The third-order valence-corrected chi connectivity index (χ3v) is 2.62. The van der Waals surface area contributed by atoms with E-state index in [0.29, 0.717) is 17.7 Å². The molecule has 1 aromatic carbocycles. The predicted molar refractivity (Wildman–Crippen MR) is 68.6 cm³/mol.